The average molecular weight is 411 g/mol. The number of nitrogens with zero attached hydrogens (tertiary/aromatic N) is 1. The van der Waals surface area contributed by atoms with Crippen LogP contribution in [0.2, 0.25) is 5.02 Å². The fourth-order valence-corrected chi connectivity index (χ4v) is 3.94. The van der Waals surface area contributed by atoms with Crippen LogP contribution in [-0.2, 0) is 26.1 Å². The number of hydrogen-bond donors (Lipinski definition) is 2. The quantitative estimate of drug-likeness (QED) is 0.525. The van der Waals surface area contributed by atoms with E-state index in [1.165, 1.54) is 11.1 Å². The minimum absolute atomic E-state index is 0.387. The van der Waals surface area contributed by atoms with Gasteiger partial charge in [-0.15, -0.1) is 0 Å². The highest BCUT2D eigenvalue weighted by atomic mass is 35.5. The van der Waals surface area contributed by atoms with Crippen molar-refractivity contribution in [3.05, 3.63) is 92.8 Å². The van der Waals surface area contributed by atoms with E-state index in [1.807, 2.05) is 38.1 Å². The second-order valence-corrected chi connectivity index (χ2v) is 7.76. The van der Waals surface area contributed by atoms with Gasteiger partial charge >= 0.3 is 5.97 Å². The Morgan fingerprint density at radius 2 is 1.69 bits per heavy atom. The molecule has 0 spiro atoms. The van der Waals surface area contributed by atoms with E-state index in [2.05, 4.69) is 41.1 Å². The van der Waals surface area contributed by atoms with E-state index in [9.17, 15) is 9.90 Å². The van der Waals surface area contributed by atoms with Crippen molar-refractivity contribution < 1.29 is 9.90 Å². The summed E-state index contributed by atoms with van der Waals surface area (Å²) in [5.74, 6) is -0.889. The normalized spacial score (nSPS) is 11.0. The van der Waals surface area contributed by atoms with Crippen molar-refractivity contribution in [1.82, 2.24) is 9.88 Å². The number of aryl methyl sites for hydroxylation is 1. The zero-order valence-electron chi connectivity index (χ0n) is 17.1. The second kappa shape index (κ2) is 9.29. The highest BCUT2D eigenvalue weighted by molar-refractivity contribution is 6.30. The largest absolute Gasteiger partial charge is 0.478 e. The Morgan fingerprint density at radius 3 is 2.31 bits per heavy atom. The predicted octanol–water partition coefficient (Wildman–Crippen LogP) is 5.36. The van der Waals surface area contributed by atoms with Crippen LogP contribution in [-0.4, -0.2) is 15.6 Å². The molecule has 3 aromatic rings. The molecule has 29 heavy (non-hydrogen) atoms. The number of benzene rings is 2. The molecule has 0 aliphatic heterocycles. The minimum Gasteiger partial charge on any atom is -0.478 e. The zero-order chi connectivity index (χ0) is 21.0. The summed E-state index contributed by atoms with van der Waals surface area (Å²) in [6.45, 7) is 7.79. The molecule has 0 amide bonds. The molecule has 4 nitrogen and oxygen atoms in total. The van der Waals surface area contributed by atoms with Gasteiger partial charge < -0.3 is 15.0 Å². The highest BCUT2D eigenvalue weighted by Crippen LogP contribution is 2.24. The lowest BCUT2D eigenvalue weighted by atomic mass is 10.1. The van der Waals surface area contributed by atoms with Crippen molar-refractivity contribution in [2.24, 2.45) is 0 Å². The first-order valence-corrected chi connectivity index (χ1v) is 10.2. The van der Waals surface area contributed by atoms with E-state index < -0.39 is 5.97 Å². The van der Waals surface area contributed by atoms with E-state index >= 15 is 0 Å². The number of nitrogens with one attached hydrogen (secondary N) is 1. The molecule has 5 heteroatoms. The van der Waals surface area contributed by atoms with E-state index in [1.54, 1.807) is 0 Å². The molecule has 152 valence electrons. The van der Waals surface area contributed by atoms with Crippen molar-refractivity contribution in [2.75, 3.05) is 0 Å². The molecule has 0 aliphatic carbocycles. The number of rotatable bonds is 8. The van der Waals surface area contributed by atoms with E-state index in [0.717, 1.165) is 28.9 Å². The van der Waals surface area contributed by atoms with Crippen molar-refractivity contribution >= 4 is 17.6 Å². The predicted molar refractivity (Wildman–Crippen MR) is 118 cm³/mol. The molecule has 2 aromatic carbocycles. The van der Waals surface area contributed by atoms with Crippen molar-refractivity contribution in [1.29, 1.82) is 0 Å². The van der Waals surface area contributed by atoms with Gasteiger partial charge in [0, 0.05) is 41.6 Å². The van der Waals surface area contributed by atoms with Crippen molar-refractivity contribution in [3.63, 3.8) is 0 Å². The SMILES string of the molecule is CCc1ccc(CNCc2c(C(=O)O)c(C)n(Cc3cccc(Cl)c3)c2C)cc1. The number of aromatic carboxylic acids is 1. The Labute approximate surface area is 177 Å². The van der Waals surface area contributed by atoms with Crippen LogP contribution in [0.4, 0.5) is 0 Å². The van der Waals surface area contributed by atoms with Gasteiger partial charge in [0.2, 0.25) is 0 Å². The molecule has 0 bridgehead atoms. The molecule has 3 rings (SSSR count). The molecule has 0 radical (unpaired) electrons. The Bertz CT molecular complexity index is 1010. The summed E-state index contributed by atoms with van der Waals surface area (Å²) >= 11 is 6.11. The maximum Gasteiger partial charge on any atom is 0.337 e. The summed E-state index contributed by atoms with van der Waals surface area (Å²) in [5.41, 5.74) is 6.50. The number of carboxylic acid groups (broad SMARTS) is 1. The van der Waals surface area contributed by atoms with Crippen LogP contribution in [0.1, 0.15) is 50.9 Å². The van der Waals surface area contributed by atoms with Crippen molar-refractivity contribution in [3.8, 4) is 0 Å². The van der Waals surface area contributed by atoms with Crippen LogP contribution >= 0.6 is 11.6 Å². The molecule has 0 atom stereocenters. The first-order chi connectivity index (χ1) is 13.9. The number of carbonyl (C=O) groups is 1. The lowest BCUT2D eigenvalue weighted by Gasteiger charge is -2.11. The molecule has 0 fully saturated rings. The van der Waals surface area contributed by atoms with Gasteiger partial charge in [0.05, 0.1) is 5.56 Å². The first kappa shape index (κ1) is 21.2. The van der Waals surface area contributed by atoms with E-state index in [-0.39, 0.29) is 0 Å². The van der Waals surface area contributed by atoms with E-state index in [0.29, 0.717) is 30.2 Å². The van der Waals surface area contributed by atoms with Crippen molar-refractivity contribution in [2.45, 2.75) is 46.8 Å². The molecular formula is C24H27ClN2O2. The Morgan fingerprint density at radius 1 is 1.00 bits per heavy atom. The summed E-state index contributed by atoms with van der Waals surface area (Å²) in [7, 11) is 0. The van der Waals surface area contributed by atoms with Gasteiger partial charge in [-0.3, -0.25) is 0 Å². The summed E-state index contributed by atoms with van der Waals surface area (Å²) in [6.07, 6.45) is 1.02. The Kier molecular flexibility index (Phi) is 6.78. The highest BCUT2D eigenvalue weighted by Gasteiger charge is 2.22. The smallest absolute Gasteiger partial charge is 0.337 e. The molecular weight excluding hydrogens is 384 g/mol. The Balaban J connectivity index is 1.80. The summed E-state index contributed by atoms with van der Waals surface area (Å²) in [5, 5.41) is 13.9. The fourth-order valence-electron chi connectivity index (χ4n) is 3.73. The standard InChI is InChI=1S/C24H27ClN2O2/c1-4-18-8-10-19(11-9-18)13-26-14-22-16(2)27(17(3)23(22)24(28)29)15-20-6-5-7-21(25)12-20/h5-12,26H,4,13-15H2,1-3H3,(H,28,29). The summed E-state index contributed by atoms with van der Waals surface area (Å²) in [4.78, 5) is 12.0. The number of carboxylic acids is 1. The first-order valence-electron chi connectivity index (χ1n) is 9.85. The lowest BCUT2D eigenvalue weighted by molar-refractivity contribution is 0.0694. The van der Waals surface area contributed by atoms with Crippen LogP contribution in [0.5, 0.6) is 0 Å². The average Bonchev–Trinajstić information content (AvgIpc) is 2.93. The topological polar surface area (TPSA) is 54.3 Å². The molecule has 0 aliphatic rings. The zero-order valence-corrected chi connectivity index (χ0v) is 17.9. The van der Waals surface area contributed by atoms with Crippen LogP contribution in [0.3, 0.4) is 0 Å². The minimum atomic E-state index is -0.889. The van der Waals surface area contributed by atoms with E-state index in [4.69, 9.17) is 11.6 Å². The van der Waals surface area contributed by atoms with Crippen LogP contribution < -0.4 is 5.32 Å². The summed E-state index contributed by atoms with van der Waals surface area (Å²) < 4.78 is 2.06. The van der Waals surface area contributed by atoms with Crippen LogP contribution in [0.15, 0.2) is 48.5 Å². The van der Waals surface area contributed by atoms with Gasteiger partial charge in [-0.05, 0) is 49.1 Å². The van der Waals surface area contributed by atoms with Crippen LogP contribution in [0, 0.1) is 13.8 Å². The third-order valence-electron chi connectivity index (χ3n) is 5.42. The van der Waals surface area contributed by atoms with Crippen LogP contribution in [0.25, 0.3) is 0 Å². The number of hydrogen-bond acceptors (Lipinski definition) is 2. The van der Waals surface area contributed by atoms with Gasteiger partial charge in [-0.25, -0.2) is 4.79 Å². The lowest BCUT2D eigenvalue weighted by Crippen LogP contribution is -2.15. The van der Waals surface area contributed by atoms with Gasteiger partial charge in [0.1, 0.15) is 0 Å². The molecule has 1 aromatic heterocycles. The number of aromatic nitrogens is 1. The van der Waals surface area contributed by atoms with Gasteiger partial charge in [-0.1, -0.05) is 54.9 Å². The molecule has 2 N–H and O–H groups in total. The van der Waals surface area contributed by atoms with Gasteiger partial charge in [0.15, 0.2) is 0 Å². The monoisotopic (exact) mass is 410 g/mol. The molecule has 1 heterocycles. The molecule has 0 saturated heterocycles. The molecule has 0 saturated carbocycles. The fraction of sp³-hybridized carbons (Fsp3) is 0.292. The maximum atomic E-state index is 12.0. The third kappa shape index (κ3) is 4.89. The Hall–Kier alpha value is -2.56. The molecule has 0 unspecified atom stereocenters. The third-order valence-corrected chi connectivity index (χ3v) is 5.65. The summed E-state index contributed by atoms with van der Waals surface area (Å²) in [6, 6.07) is 16.2. The second-order valence-electron chi connectivity index (χ2n) is 7.32. The van der Waals surface area contributed by atoms with Gasteiger partial charge in [-0.2, -0.15) is 0 Å². The van der Waals surface area contributed by atoms with Gasteiger partial charge in [0.25, 0.3) is 0 Å². The number of halogens is 1. The maximum absolute atomic E-state index is 12.0.